The lowest BCUT2D eigenvalue weighted by Gasteiger charge is -2.14. The molecule has 2 aromatic rings. The normalized spacial score (nSPS) is 13.0. The Labute approximate surface area is 200 Å². The number of unbranched alkanes of at least 4 members (excludes halogenated alkanes) is 4. The van der Waals surface area contributed by atoms with E-state index in [0.717, 1.165) is 32.1 Å². The average molecular weight is 467 g/mol. The molecule has 0 saturated heterocycles. The molecule has 1 aliphatic rings. The number of amides is 2. The van der Waals surface area contributed by atoms with Gasteiger partial charge >= 0.3 is 12.1 Å². The summed E-state index contributed by atoms with van der Waals surface area (Å²) in [5.74, 6) is -1.16. The van der Waals surface area contributed by atoms with Gasteiger partial charge in [0, 0.05) is 18.9 Å². The molecule has 0 fully saturated rings. The first-order valence-corrected chi connectivity index (χ1v) is 12.1. The van der Waals surface area contributed by atoms with Crippen LogP contribution in [0.5, 0.6) is 0 Å². The van der Waals surface area contributed by atoms with Crippen molar-refractivity contribution in [2.24, 2.45) is 0 Å². The summed E-state index contributed by atoms with van der Waals surface area (Å²) in [5.41, 5.74) is 4.80. The van der Waals surface area contributed by atoms with Crippen LogP contribution in [0.15, 0.2) is 48.5 Å². The molecule has 7 nitrogen and oxygen atoms in total. The second kappa shape index (κ2) is 12.8. The van der Waals surface area contributed by atoms with Gasteiger partial charge in [0.2, 0.25) is 5.91 Å². The number of carboxylic acids is 1. The number of rotatable bonds is 13. The molecule has 1 atom stereocenters. The molecule has 34 heavy (non-hydrogen) atoms. The molecule has 3 N–H and O–H groups in total. The summed E-state index contributed by atoms with van der Waals surface area (Å²) in [6.07, 6.45) is 4.66. The molecule has 182 valence electrons. The topological polar surface area (TPSA) is 105 Å². The zero-order chi connectivity index (χ0) is 24.3. The van der Waals surface area contributed by atoms with Gasteiger partial charge in [-0.3, -0.25) is 4.79 Å². The molecular formula is C27H34N2O5. The van der Waals surface area contributed by atoms with Gasteiger partial charge in [-0.15, -0.1) is 0 Å². The third kappa shape index (κ3) is 6.83. The Bertz CT molecular complexity index is 945. The van der Waals surface area contributed by atoms with E-state index in [9.17, 15) is 14.4 Å². The van der Waals surface area contributed by atoms with Crippen LogP contribution in [0.2, 0.25) is 0 Å². The fraction of sp³-hybridized carbons (Fsp3) is 0.444. The standard InChI is InChI=1S/C27H34N2O5/c1-2-24(26(31)32)29-25(30)16-6-4-3-5-11-17-28-27(33)34-18-23-21-14-9-7-12-19(21)20-13-8-10-15-22(20)23/h7-10,12-15,23-24H,2-6,11,16-18H2,1H3,(H,28,33)(H,29,30)(H,31,32). The maximum Gasteiger partial charge on any atom is 0.407 e. The molecular weight excluding hydrogens is 432 g/mol. The van der Waals surface area contributed by atoms with E-state index in [1.807, 2.05) is 24.3 Å². The molecule has 1 unspecified atom stereocenters. The maximum absolute atomic E-state index is 12.2. The maximum atomic E-state index is 12.2. The summed E-state index contributed by atoms with van der Waals surface area (Å²) >= 11 is 0. The number of carbonyl (C=O) groups excluding carboxylic acids is 2. The van der Waals surface area contributed by atoms with Crippen LogP contribution in [-0.4, -0.2) is 42.3 Å². The SMILES string of the molecule is CCC(NC(=O)CCCCCCCNC(=O)OCC1c2ccccc2-c2ccccc21)C(=O)O. The number of hydrogen-bond acceptors (Lipinski definition) is 4. The van der Waals surface area contributed by atoms with Crippen molar-refractivity contribution in [3.8, 4) is 11.1 Å². The smallest absolute Gasteiger partial charge is 0.407 e. The summed E-state index contributed by atoms with van der Waals surface area (Å²) in [5, 5.41) is 14.3. The molecule has 0 spiro atoms. The van der Waals surface area contributed by atoms with Gasteiger partial charge in [0.15, 0.2) is 0 Å². The molecule has 0 aromatic heterocycles. The van der Waals surface area contributed by atoms with E-state index in [-0.39, 0.29) is 11.8 Å². The molecule has 0 aliphatic heterocycles. The number of benzene rings is 2. The Morgan fingerprint density at radius 3 is 2.12 bits per heavy atom. The predicted molar refractivity (Wildman–Crippen MR) is 131 cm³/mol. The first-order chi connectivity index (χ1) is 16.5. The highest BCUT2D eigenvalue weighted by atomic mass is 16.5. The number of carbonyl (C=O) groups is 3. The summed E-state index contributed by atoms with van der Waals surface area (Å²) < 4.78 is 5.53. The van der Waals surface area contributed by atoms with E-state index < -0.39 is 18.1 Å². The molecule has 0 saturated carbocycles. The summed E-state index contributed by atoms with van der Waals surface area (Å²) in [7, 11) is 0. The lowest BCUT2D eigenvalue weighted by Crippen LogP contribution is -2.40. The van der Waals surface area contributed by atoms with Gasteiger partial charge in [-0.1, -0.05) is 74.7 Å². The highest BCUT2D eigenvalue weighted by molar-refractivity contribution is 5.83. The van der Waals surface area contributed by atoms with Crippen LogP contribution in [0.25, 0.3) is 11.1 Å². The first-order valence-electron chi connectivity index (χ1n) is 12.1. The van der Waals surface area contributed by atoms with Gasteiger partial charge < -0.3 is 20.5 Å². The van der Waals surface area contributed by atoms with Crippen LogP contribution in [0.3, 0.4) is 0 Å². The van der Waals surface area contributed by atoms with E-state index >= 15 is 0 Å². The lowest BCUT2D eigenvalue weighted by atomic mass is 9.98. The molecule has 1 aliphatic carbocycles. The zero-order valence-corrected chi connectivity index (χ0v) is 19.7. The van der Waals surface area contributed by atoms with Gasteiger partial charge in [0.05, 0.1) is 0 Å². The Hall–Kier alpha value is -3.35. The predicted octanol–water partition coefficient (Wildman–Crippen LogP) is 4.85. The number of aliphatic carboxylic acids is 1. The Balaban J connectivity index is 1.27. The number of carboxylic acid groups (broad SMARTS) is 1. The average Bonchev–Trinajstić information content (AvgIpc) is 3.16. The van der Waals surface area contributed by atoms with Crippen molar-refractivity contribution in [1.29, 1.82) is 0 Å². The van der Waals surface area contributed by atoms with E-state index in [2.05, 4.69) is 34.9 Å². The fourth-order valence-electron chi connectivity index (χ4n) is 4.39. The zero-order valence-electron chi connectivity index (χ0n) is 19.7. The fourth-order valence-corrected chi connectivity index (χ4v) is 4.39. The number of hydrogen-bond donors (Lipinski definition) is 3. The molecule has 0 heterocycles. The third-order valence-corrected chi connectivity index (χ3v) is 6.24. The Morgan fingerprint density at radius 1 is 0.912 bits per heavy atom. The highest BCUT2D eigenvalue weighted by Crippen LogP contribution is 2.44. The van der Waals surface area contributed by atoms with Gasteiger partial charge in [0.1, 0.15) is 12.6 Å². The van der Waals surface area contributed by atoms with Gasteiger partial charge in [-0.2, -0.15) is 0 Å². The van der Waals surface area contributed by atoms with Crippen molar-refractivity contribution < 1.29 is 24.2 Å². The van der Waals surface area contributed by atoms with Crippen LogP contribution >= 0.6 is 0 Å². The minimum atomic E-state index is -1.00. The molecule has 2 amide bonds. The molecule has 2 aromatic carbocycles. The Morgan fingerprint density at radius 2 is 1.50 bits per heavy atom. The van der Waals surface area contributed by atoms with Gasteiger partial charge in [-0.25, -0.2) is 9.59 Å². The van der Waals surface area contributed by atoms with E-state index in [0.29, 0.717) is 26.0 Å². The van der Waals surface area contributed by atoms with E-state index in [4.69, 9.17) is 9.84 Å². The van der Waals surface area contributed by atoms with Gasteiger partial charge in [-0.05, 0) is 41.5 Å². The minimum Gasteiger partial charge on any atom is -0.480 e. The van der Waals surface area contributed by atoms with Crippen molar-refractivity contribution in [2.45, 2.75) is 63.8 Å². The van der Waals surface area contributed by atoms with Crippen LogP contribution < -0.4 is 10.6 Å². The first kappa shape index (κ1) is 25.3. The molecule has 3 rings (SSSR count). The summed E-state index contributed by atoms with van der Waals surface area (Å²) in [6, 6.07) is 15.7. The van der Waals surface area contributed by atoms with Crippen molar-refractivity contribution >= 4 is 18.0 Å². The van der Waals surface area contributed by atoms with Crippen molar-refractivity contribution in [3.63, 3.8) is 0 Å². The number of alkyl carbamates (subject to hydrolysis) is 1. The number of nitrogens with one attached hydrogen (secondary N) is 2. The largest absolute Gasteiger partial charge is 0.480 e. The van der Waals surface area contributed by atoms with Crippen molar-refractivity contribution in [2.75, 3.05) is 13.2 Å². The quantitative estimate of drug-likeness (QED) is 0.366. The summed E-state index contributed by atoms with van der Waals surface area (Å²) in [4.78, 5) is 34.9. The van der Waals surface area contributed by atoms with Crippen LogP contribution in [-0.2, 0) is 14.3 Å². The summed E-state index contributed by atoms with van der Waals surface area (Å²) in [6.45, 7) is 2.59. The number of fused-ring (bicyclic) bond motifs is 3. The third-order valence-electron chi connectivity index (χ3n) is 6.24. The van der Waals surface area contributed by atoms with Crippen LogP contribution in [0, 0.1) is 0 Å². The minimum absolute atomic E-state index is 0.0541. The lowest BCUT2D eigenvalue weighted by molar-refractivity contribution is -0.141. The molecule has 0 radical (unpaired) electrons. The second-order valence-electron chi connectivity index (χ2n) is 8.64. The van der Waals surface area contributed by atoms with E-state index in [1.54, 1.807) is 6.92 Å². The molecule has 7 heteroatoms. The van der Waals surface area contributed by atoms with Crippen LogP contribution in [0.4, 0.5) is 4.79 Å². The van der Waals surface area contributed by atoms with Crippen molar-refractivity contribution in [1.82, 2.24) is 10.6 Å². The second-order valence-corrected chi connectivity index (χ2v) is 8.64. The van der Waals surface area contributed by atoms with Crippen LogP contribution in [0.1, 0.15) is 68.9 Å². The van der Waals surface area contributed by atoms with Crippen molar-refractivity contribution in [3.05, 3.63) is 59.7 Å². The van der Waals surface area contributed by atoms with E-state index in [1.165, 1.54) is 22.3 Å². The molecule has 0 bridgehead atoms. The monoisotopic (exact) mass is 466 g/mol. The Kier molecular flexibility index (Phi) is 9.50. The highest BCUT2D eigenvalue weighted by Gasteiger charge is 2.28. The van der Waals surface area contributed by atoms with Gasteiger partial charge in [0.25, 0.3) is 0 Å². The number of ether oxygens (including phenoxy) is 1.